The number of ether oxygens (including phenoxy) is 1. The van der Waals surface area contributed by atoms with Gasteiger partial charge < -0.3 is 9.64 Å². The van der Waals surface area contributed by atoms with Gasteiger partial charge in [0.2, 0.25) is 21.8 Å². The number of rotatable bonds is 9. The van der Waals surface area contributed by atoms with E-state index in [0.717, 1.165) is 5.56 Å². The largest absolute Gasteiger partial charge is 0.494 e. The summed E-state index contributed by atoms with van der Waals surface area (Å²) in [4.78, 5) is 16.1. The first-order valence-corrected chi connectivity index (χ1v) is 12.8. The van der Waals surface area contributed by atoms with Gasteiger partial charge in [0.25, 0.3) is 0 Å². The molecule has 34 heavy (non-hydrogen) atoms. The maximum absolute atomic E-state index is 12.9. The number of piperazine rings is 1. The summed E-state index contributed by atoms with van der Waals surface area (Å²) < 4.78 is 32.7. The highest BCUT2D eigenvalue weighted by atomic mass is 32.2. The standard InChI is InChI=1S/C23H28N6O4S/c1-2-33-20-10-12-21(13-11-20)34(31,32)28-17-15-27(16-18-28)22(30)9-6-14-29-25-23(24-26-29)19-7-4-3-5-8-19/h3-5,7-8,10-13H,2,6,9,14-18H2,1H3. The molecule has 1 aromatic heterocycles. The third kappa shape index (κ3) is 5.60. The highest BCUT2D eigenvalue weighted by Crippen LogP contribution is 2.21. The van der Waals surface area contributed by atoms with Crippen LogP contribution < -0.4 is 4.74 Å². The molecule has 2 aromatic carbocycles. The molecule has 1 aliphatic heterocycles. The van der Waals surface area contributed by atoms with Crippen LogP contribution in [0.5, 0.6) is 5.75 Å². The first-order chi connectivity index (χ1) is 16.5. The van der Waals surface area contributed by atoms with Crippen molar-refractivity contribution in [2.24, 2.45) is 0 Å². The molecule has 1 amide bonds. The molecular weight excluding hydrogens is 456 g/mol. The lowest BCUT2D eigenvalue weighted by Gasteiger charge is -2.34. The van der Waals surface area contributed by atoms with Gasteiger partial charge >= 0.3 is 0 Å². The van der Waals surface area contributed by atoms with Crippen LogP contribution in [-0.4, -0.2) is 76.5 Å². The van der Waals surface area contributed by atoms with Gasteiger partial charge in [-0.3, -0.25) is 4.79 Å². The molecule has 1 fully saturated rings. The summed E-state index contributed by atoms with van der Waals surface area (Å²) in [5.41, 5.74) is 0.892. The summed E-state index contributed by atoms with van der Waals surface area (Å²) >= 11 is 0. The van der Waals surface area contributed by atoms with Gasteiger partial charge in [-0.2, -0.15) is 9.10 Å². The lowest BCUT2D eigenvalue weighted by Crippen LogP contribution is -2.50. The molecule has 0 aliphatic carbocycles. The maximum atomic E-state index is 12.9. The van der Waals surface area contributed by atoms with Crippen molar-refractivity contribution in [2.45, 2.75) is 31.2 Å². The highest BCUT2D eigenvalue weighted by molar-refractivity contribution is 7.89. The zero-order valence-corrected chi connectivity index (χ0v) is 19.9. The van der Waals surface area contributed by atoms with Crippen LogP contribution in [0.15, 0.2) is 59.5 Å². The molecule has 3 aromatic rings. The van der Waals surface area contributed by atoms with Crippen LogP contribution in [0.1, 0.15) is 19.8 Å². The van der Waals surface area contributed by atoms with Gasteiger partial charge in [0.05, 0.1) is 18.0 Å². The Balaban J connectivity index is 1.24. The minimum Gasteiger partial charge on any atom is -0.494 e. The lowest BCUT2D eigenvalue weighted by molar-refractivity contribution is -0.132. The minimum absolute atomic E-state index is 0.00140. The maximum Gasteiger partial charge on any atom is 0.243 e. The van der Waals surface area contributed by atoms with Crippen LogP contribution >= 0.6 is 0 Å². The molecule has 2 heterocycles. The molecule has 0 spiro atoms. The van der Waals surface area contributed by atoms with Crippen LogP contribution in [0.3, 0.4) is 0 Å². The molecule has 11 heteroatoms. The highest BCUT2D eigenvalue weighted by Gasteiger charge is 2.30. The van der Waals surface area contributed by atoms with Crippen LogP contribution in [-0.2, 0) is 21.4 Å². The fraction of sp³-hybridized carbons (Fsp3) is 0.391. The molecule has 0 bridgehead atoms. The Morgan fingerprint density at radius 3 is 2.38 bits per heavy atom. The van der Waals surface area contributed by atoms with Crippen LogP contribution in [0.4, 0.5) is 0 Å². The Kier molecular flexibility index (Phi) is 7.53. The number of nitrogens with zero attached hydrogens (tertiary/aromatic N) is 6. The number of sulfonamides is 1. The van der Waals surface area contributed by atoms with Crippen LogP contribution in [0.25, 0.3) is 11.4 Å². The number of carbonyl (C=O) groups is 1. The summed E-state index contributed by atoms with van der Waals surface area (Å²) in [5.74, 6) is 1.19. The molecule has 0 unspecified atom stereocenters. The molecule has 4 rings (SSSR count). The molecule has 0 radical (unpaired) electrons. The van der Waals surface area contributed by atoms with Gasteiger partial charge in [0, 0.05) is 38.2 Å². The predicted octanol–water partition coefficient (Wildman–Crippen LogP) is 2.05. The van der Waals surface area contributed by atoms with Crippen molar-refractivity contribution in [2.75, 3.05) is 32.8 Å². The van der Waals surface area contributed by atoms with E-state index in [0.29, 0.717) is 50.7 Å². The first kappa shape index (κ1) is 23.8. The summed E-state index contributed by atoms with van der Waals surface area (Å²) in [7, 11) is -3.60. The summed E-state index contributed by atoms with van der Waals surface area (Å²) in [6.45, 7) is 4.16. The van der Waals surface area contributed by atoms with Gasteiger partial charge in [0.15, 0.2) is 0 Å². The van der Waals surface area contributed by atoms with Gasteiger partial charge in [-0.05, 0) is 42.8 Å². The molecular formula is C23H28N6O4S. The van der Waals surface area contributed by atoms with Crippen LogP contribution in [0.2, 0.25) is 0 Å². The smallest absolute Gasteiger partial charge is 0.243 e. The van der Waals surface area contributed by atoms with E-state index >= 15 is 0 Å². The fourth-order valence-electron chi connectivity index (χ4n) is 3.77. The zero-order valence-electron chi connectivity index (χ0n) is 19.1. The second kappa shape index (κ2) is 10.7. The monoisotopic (exact) mass is 484 g/mol. The minimum atomic E-state index is -3.60. The number of aromatic nitrogens is 4. The van der Waals surface area contributed by atoms with Gasteiger partial charge in [-0.25, -0.2) is 8.42 Å². The molecule has 10 nitrogen and oxygen atoms in total. The molecule has 1 saturated heterocycles. The van der Waals surface area contributed by atoms with Crippen molar-refractivity contribution >= 4 is 15.9 Å². The average molecular weight is 485 g/mol. The van der Waals surface area contributed by atoms with Crippen molar-refractivity contribution in [3.63, 3.8) is 0 Å². The van der Waals surface area contributed by atoms with Crippen molar-refractivity contribution in [1.29, 1.82) is 0 Å². The molecule has 1 aliphatic rings. The van der Waals surface area contributed by atoms with E-state index in [1.54, 1.807) is 29.2 Å². The Labute approximate surface area is 199 Å². The van der Waals surface area contributed by atoms with E-state index in [1.807, 2.05) is 37.3 Å². The number of tetrazole rings is 1. The predicted molar refractivity (Wildman–Crippen MR) is 125 cm³/mol. The second-order valence-corrected chi connectivity index (χ2v) is 9.81. The van der Waals surface area contributed by atoms with E-state index in [4.69, 9.17) is 4.74 Å². The molecule has 180 valence electrons. The Morgan fingerprint density at radius 1 is 1.00 bits per heavy atom. The lowest BCUT2D eigenvalue weighted by atomic mass is 10.2. The normalized spacial score (nSPS) is 14.8. The third-order valence-corrected chi connectivity index (χ3v) is 7.51. The van der Waals surface area contributed by atoms with Gasteiger partial charge in [0.1, 0.15) is 5.75 Å². The third-order valence-electron chi connectivity index (χ3n) is 5.60. The number of amides is 1. The SMILES string of the molecule is CCOc1ccc(S(=O)(=O)N2CCN(C(=O)CCCn3nnc(-c4ccccc4)n3)CC2)cc1. The quantitative estimate of drug-likeness (QED) is 0.457. The zero-order chi connectivity index (χ0) is 24.0. The number of benzene rings is 2. The van der Waals surface area contributed by atoms with Crippen molar-refractivity contribution < 1.29 is 17.9 Å². The topological polar surface area (TPSA) is 111 Å². The molecule has 0 atom stereocenters. The number of carbonyl (C=O) groups excluding carboxylic acids is 1. The summed E-state index contributed by atoms with van der Waals surface area (Å²) in [6, 6.07) is 16.0. The number of hydrogen-bond acceptors (Lipinski definition) is 7. The van der Waals surface area contributed by atoms with Gasteiger partial charge in [-0.1, -0.05) is 30.3 Å². The molecule has 0 N–H and O–H groups in total. The van der Waals surface area contributed by atoms with Crippen molar-refractivity contribution in [3.05, 3.63) is 54.6 Å². The van der Waals surface area contributed by atoms with Gasteiger partial charge in [-0.15, -0.1) is 10.2 Å². The van der Waals surface area contributed by atoms with E-state index in [1.165, 1.54) is 9.10 Å². The van der Waals surface area contributed by atoms with E-state index in [-0.39, 0.29) is 23.9 Å². The van der Waals surface area contributed by atoms with E-state index < -0.39 is 10.0 Å². The number of aryl methyl sites for hydroxylation is 1. The van der Waals surface area contributed by atoms with E-state index in [2.05, 4.69) is 15.4 Å². The second-order valence-electron chi connectivity index (χ2n) is 7.87. The Bertz CT molecular complexity index is 1190. The number of hydrogen-bond donors (Lipinski definition) is 0. The average Bonchev–Trinajstić information content (AvgIpc) is 3.34. The Hall–Kier alpha value is -3.31. The molecule has 0 saturated carbocycles. The van der Waals surface area contributed by atoms with Crippen LogP contribution in [0, 0.1) is 0 Å². The first-order valence-electron chi connectivity index (χ1n) is 11.3. The van der Waals surface area contributed by atoms with Crippen molar-refractivity contribution in [3.8, 4) is 17.1 Å². The van der Waals surface area contributed by atoms with E-state index in [9.17, 15) is 13.2 Å². The Morgan fingerprint density at radius 2 is 1.71 bits per heavy atom. The fourth-order valence-corrected chi connectivity index (χ4v) is 5.19. The summed E-state index contributed by atoms with van der Waals surface area (Å²) in [6.07, 6.45) is 0.919. The summed E-state index contributed by atoms with van der Waals surface area (Å²) in [5, 5.41) is 12.5. The van der Waals surface area contributed by atoms with Crippen molar-refractivity contribution in [1.82, 2.24) is 29.4 Å².